The van der Waals surface area contributed by atoms with E-state index in [0.29, 0.717) is 0 Å². The number of fused-ring (bicyclic) bond motifs is 1. The normalized spacial score (nSPS) is 14.2. The highest BCUT2D eigenvalue weighted by atomic mass is 16.2. The molecule has 0 atom stereocenters. The average molecular weight is 178 g/mol. The van der Waals surface area contributed by atoms with E-state index in [1.807, 2.05) is 0 Å². The van der Waals surface area contributed by atoms with Crippen LogP contribution in [-0.2, 0) is 12.8 Å². The lowest BCUT2D eigenvalue weighted by Crippen LogP contribution is -2.25. The molecule has 1 heterocycles. The highest BCUT2D eigenvalue weighted by molar-refractivity contribution is 5.94. The van der Waals surface area contributed by atoms with Crippen molar-refractivity contribution < 1.29 is 4.79 Å². The Hall–Kier alpha value is -1.58. The van der Waals surface area contributed by atoms with E-state index < -0.39 is 5.91 Å². The zero-order chi connectivity index (χ0) is 9.42. The summed E-state index contributed by atoms with van der Waals surface area (Å²) >= 11 is 0. The number of primary amides is 1. The van der Waals surface area contributed by atoms with Crippen LogP contribution in [0.1, 0.15) is 27.9 Å². The molecule has 0 aromatic carbocycles. The molecule has 2 rings (SSSR count). The zero-order valence-electron chi connectivity index (χ0n) is 7.09. The first-order chi connectivity index (χ1) is 6.20. The SMILES string of the molecule is NC(=O)c1c2c(c[nH]c1=O)CCC2. The molecule has 3 N–H and O–H groups in total. The Morgan fingerprint density at radius 3 is 2.92 bits per heavy atom. The number of carbonyl (C=O) groups excluding carboxylic acids is 1. The van der Waals surface area contributed by atoms with Crippen LogP contribution in [0.5, 0.6) is 0 Å². The predicted molar refractivity (Wildman–Crippen MR) is 47.6 cm³/mol. The van der Waals surface area contributed by atoms with E-state index in [9.17, 15) is 9.59 Å². The van der Waals surface area contributed by atoms with Crippen LogP contribution < -0.4 is 11.3 Å². The fourth-order valence-corrected chi connectivity index (χ4v) is 1.83. The molecule has 1 aromatic rings. The quantitative estimate of drug-likeness (QED) is 0.633. The molecule has 0 fully saturated rings. The molecule has 13 heavy (non-hydrogen) atoms. The van der Waals surface area contributed by atoms with Gasteiger partial charge in [0.15, 0.2) is 0 Å². The maximum atomic E-state index is 11.3. The lowest BCUT2D eigenvalue weighted by Gasteiger charge is -2.02. The van der Waals surface area contributed by atoms with Crippen LogP contribution in [0.4, 0.5) is 0 Å². The second kappa shape index (κ2) is 2.73. The van der Waals surface area contributed by atoms with Crippen molar-refractivity contribution in [3.05, 3.63) is 33.2 Å². The van der Waals surface area contributed by atoms with Crippen molar-refractivity contribution in [2.24, 2.45) is 5.73 Å². The molecule has 1 amide bonds. The van der Waals surface area contributed by atoms with E-state index in [4.69, 9.17) is 5.73 Å². The second-order valence-corrected chi connectivity index (χ2v) is 3.21. The van der Waals surface area contributed by atoms with E-state index in [-0.39, 0.29) is 11.1 Å². The smallest absolute Gasteiger partial charge is 0.261 e. The molecule has 1 aromatic heterocycles. The number of amides is 1. The summed E-state index contributed by atoms with van der Waals surface area (Å²) in [7, 11) is 0. The molecule has 4 heteroatoms. The number of aryl methyl sites for hydroxylation is 1. The van der Waals surface area contributed by atoms with Gasteiger partial charge in [0.25, 0.3) is 11.5 Å². The zero-order valence-corrected chi connectivity index (χ0v) is 7.09. The average Bonchev–Trinajstić information content (AvgIpc) is 2.50. The molecule has 68 valence electrons. The number of carbonyl (C=O) groups is 1. The second-order valence-electron chi connectivity index (χ2n) is 3.21. The molecule has 1 aliphatic carbocycles. The summed E-state index contributed by atoms with van der Waals surface area (Å²) in [6.07, 6.45) is 4.38. The lowest BCUT2D eigenvalue weighted by atomic mass is 10.1. The number of nitrogens with one attached hydrogen (secondary N) is 1. The molecular formula is C9H10N2O2. The summed E-state index contributed by atoms with van der Waals surface area (Å²) in [5, 5.41) is 0. The molecule has 0 radical (unpaired) electrons. The summed E-state index contributed by atoms with van der Waals surface area (Å²) in [6.45, 7) is 0. The summed E-state index contributed by atoms with van der Waals surface area (Å²) in [5.74, 6) is -0.625. The van der Waals surface area contributed by atoms with Gasteiger partial charge in [0.2, 0.25) is 0 Å². The highest BCUT2D eigenvalue weighted by Crippen LogP contribution is 2.21. The first-order valence-electron chi connectivity index (χ1n) is 4.23. The molecule has 0 unspecified atom stereocenters. The van der Waals surface area contributed by atoms with Crippen LogP contribution in [0.25, 0.3) is 0 Å². The van der Waals surface area contributed by atoms with E-state index in [2.05, 4.69) is 4.98 Å². The van der Waals surface area contributed by atoms with Crippen molar-refractivity contribution in [1.82, 2.24) is 4.98 Å². The minimum atomic E-state index is -0.625. The van der Waals surface area contributed by atoms with Crippen LogP contribution >= 0.6 is 0 Å². The number of hydrogen-bond acceptors (Lipinski definition) is 2. The van der Waals surface area contributed by atoms with Crippen molar-refractivity contribution in [2.75, 3.05) is 0 Å². The molecule has 4 nitrogen and oxygen atoms in total. The fraction of sp³-hybridized carbons (Fsp3) is 0.333. The summed E-state index contributed by atoms with van der Waals surface area (Å²) in [6, 6.07) is 0. The number of hydrogen-bond donors (Lipinski definition) is 2. The minimum absolute atomic E-state index is 0.148. The summed E-state index contributed by atoms with van der Waals surface area (Å²) in [5.41, 5.74) is 6.80. The van der Waals surface area contributed by atoms with Gasteiger partial charge in [-0.1, -0.05) is 0 Å². The third-order valence-electron chi connectivity index (χ3n) is 2.41. The number of aromatic amines is 1. The monoisotopic (exact) mass is 178 g/mol. The van der Waals surface area contributed by atoms with Gasteiger partial charge in [-0.25, -0.2) is 0 Å². The maximum Gasteiger partial charge on any atom is 0.261 e. The van der Waals surface area contributed by atoms with E-state index in [1.165, 1.54) is 0 Å². The van der Waals surface area contributed by atoms with Crippen molar-refractivity contribution in [3.63, 3.8) is 0 Å². The Morgan fingerprint density at radius 1 is 1.46 bits per heavy atom. The molecule has 0 aliphatic heterocycles. The molecular weight excluding hydrogens is 168 g/mol. The van der Waals surface area contributed by atoms with Crippen molar-refractivity contribution >= 4 is 5.91 Å². The third-order valence-corrected chi connectivity index (χ3v) is 2.41. The van der Waals surface area contributed by atoms with Crippen molar-refractivity contribution in [3.8, 4) is 0 Å². The van der Waals surface area contributed by atoms with Gasteiger partial charge in [0, 0.05) is 6.20 Å². The molecule has 0 saturated heterocycles. The summed E-state index contributed by atoms with van der Waals surface area (Å²) < 4.78 is 0. The Morgan fingerprint density at radius 2 is 2.23 bits per heavy atom. The van der Waals surface area contributed by atoms with Gasteiger partial charge in [-0.15, -0.1) is 0 Å². The van der Waals surface area contributed by atoms with Crippen LogP contribution in [0.15, 0.2) is 11.0 Å². The Kier molecular flexibility index (Phi) is 1.69. The largest absolute Gasteiger partial charge is 0.365 e. The number of pyridine rings is 1. The first-order valence-corrected chi connectivity index (χ1v) is 4.23. The van der Waals surface area contributed by atoms with Crippen molar-refractivity contribution in [1.29, 1.82) is 0 Å². The Balaban J connectivity index is 2.72. The number of aromatic nitrogens is 1. The molecule has 0 bridgehead atoms. The van der Waals surface area contributed by atoms with E-state index in [0.717, 1.165) is 30.4 Å². The van der Waals surface area contributed by atoms with Crippen LogP contribution in [0, 0.1) is 0 Å². The lowest BCUT2D eigenvalue weighted by molar-refractivity contribution is 0.0998. The van der Waals surface area contributed by atoms with Gasteiger partial charge in [-0.05, 0) is 30.4 Å². The molecule has 1 aliphatic rings. The maximum absolute atomic E-state index is 11.3. The van der Waals surface area contributed by atoms with Gasteiger partial charge in [0.1, 0.15) is 5.56 Å². The summed E-state index contributed by atoms with van der Waals surface area (Å²) in [4.78, 5) is 24.8. The van der Waals surface area contributed by atoms with Crippen molar-refractivity contribution in [2.45, 2.75) is 19.3 Å². The topological polar surface area (TPSA) is 76.0 Å². The minimum Gasteiger partial charge on any atom is -0.365 e. The predicted octanol–water partition coefficient (Wildman–Crippen LogP) is -0.0375. The van der Waals surface area contributed by atoms with Crippen LogP contribution in [0.3, 0.4) is 0 Å². The highest BCUT2D eigenvalue weighted by Gasteiger charge is 2.20. The van der Waals surface area contributed by atoms with E-state index >= 15 is 0 Å². The number of nitrogens with two attached hydrogens (primary N) is 1. The Labute approximate surface area is 74.8 Å². The third kappa shape index (κ3) is 1.14. The standard InChI is InChI=1S/C9H10N2O2/c10-8(12)7-6-3-1-2-5(6)4-11-9(7)13/h4H,1-3H2,(H2,10,12)(H,11,13). The first kappa shape index (κ1) is 8.04. The number of H-pyrrole nitrogens is 1. The van der Waals surface area contributed by atoms with Gasteiger partial charge < -0.3 is 10.7 Å². The van der Waals surface area contributed by atoms with Gasteiger partial charge in [0.05, 0.1) is 0 Å². The fourth-order valence-electron chi connectivity index (χ4n) is 1.83. The Bertz CT molecular complexity index is 420. The van der Waals surface area contributed by atoms with Crippen LogP contribution in [0.2, 0.25) is 0 Å². The molecule has 0 saturated carbocycles. The molecule has 0 spiro atoms. The number of rotatable bonds is 1. The van der Waals surface area contributed by atoms with Crippen LogP contribution in [-0.4, -0.2) is 10.9 Å². The van der Waals surface area contributed by atoms with Gasteiger partial charge in [-0.2, -0.15) is 0 Å². The van der Waals surface area contributed by atoms with Gasteiger partial charge >= 0.3 is 0 Å². The van der Waals surface area contributed by atoms with Gasteiger partial charge in [-0.3, -0.25) is 9.59 Å². The van der Waals surface area contributed by atoms with E-state index in [1.54, 1.807) is 6.20 Å².